The molecule has 0 saturated carbocycles. The summed E-state index contributed by atoms with van der Waals surface area (Å²) < 4.78 is 0. The number of benzene rings is 1. The van der Waals surface area contributed by atoms with Gasteiger partial charge in [0.1, 0.15) is 0 Å². The van der Waals surface area contributed by atoms with Gasteiger partial charge in [-0.05, 0) is 46.8 Å². The predicted octanol–water partition coefficient (Wildman–Crippen LogP) is 3.82. The molecule has 0 radical (unpaired) electrons. The Bertz CT molecular complexity index is 473. The second-order valence-corrected chi connectivity index (χ2v) is 3.91. The monoisotopic (exact) mass is 180 g/mol. The van der Waals surface area contributed by atoms with Crippen LogP contribution < -0.4 is 0 Å². The van der Waals surface area contributed by atoms with E-state index in [4.69, 9.17) is 0 Å². The van der Waals surface area contributed by atoms with Gasteiger partial charge in [-0.25, -0.2) is 0 Å². The van der Waals surface area contributed by atoms with Crippen LogP contribution in [0.1, 0.15) is 24.0 Å². The Balaban J connectivity index is 2.25. The number of fused-ring (bicyclic) bond motifs is 3. The molecule has 14 heavy (non-hydrogen) atoms. The average Bonchev–Trinajstić information content (AvgIpc) is 2.59. The molecule has 3 rings (SSSR count). The molecule has 0 heteroatoms. The summed E-state index contributed by atoms with van der Waals surface area (Å²) in [6, 6.07) is 8.57. The highest BCUT2D eigenvalue weighted by Gasteiger charge is 2.21. The zero-order valence-corrected chi connectivity index (χ0v) is 8.09. The molecule has 0 atom stereocenters. The van der Waals surface area contributed by atoms with Crippen LogP contribution in [0.3, 0.4) is 0 Å². The Morgan fingerprint density at radius 1 is 1.07 bits per heavy atom. The number of hydrogen-bond acceptors (Lipinski definition) is 0. The standard InChI is InChI=1S/C14H12/c1-10-5-4-8-13-12-7-3-2-6-11(12)9-14(10)13/h2-3,6-9H,1,4-5H2. The first-order valence-electron chi connectivity index (χ1n) is 5.06. The Labute approximate surface area is 84.3 Å². The second-order valence-electron chi connectivity index (χ2n) is 3.91. The minimum absolute atomic E-state index is 1.11. The molecule has 0 amide bonds. The fraction of sp³-hybridized carbons (Fsp3) is 0.143. The third kappa shape index (κ3) is 0.941. The quantitative estimate of drug-likeness (QED) is 0.569. The summed E-state index contributed by atoms with van der Waals surface area (Å²) in [7, 11) is 0. The molecule has 0 aliphatic heterocycles. The van der Waals surface area contributed by atoms with E-state index in [9.17, 15) is 0 Å². The Morgan fingerprint density at radius 3 is 2.86 bits per heavy atom. The van der Waals surface area contributed by atoms with E-state index in [0.717, 1.165) is 12.8 Å². The molecule has 0 bridgehead atoms. The molecule has 0 aromatic heterocycles. The maximum Gasteiger partial charge on any atom is -0.0108 e. The van der Waals surface area contributed by atoms with E-state index in [1.165, 1.54) is 27.8 Å². The van der Waals surface area contributed by atoms with Gasteiger partial charge >= 0.3 is 0 Å². The lowest BCUT2D eigenvalue weighted by molar-refractivity contribution is 0.985. The van der Waals surface area contributed by atoms with E-state index >= 15 is 0 Å². The van der Waals surface area contributed by atoms with Gasteiger partial charge in [0.15, 0.2) is 0 Å². The number of allylic oxidation sites excluding steroid dienone is 4. The van der Waals surface area contributed by atoms with Crippen LogP contribution in [0.15, 0.2) is 48.1 Å². The first-order chi connectivity index (χ1) is 6.86. The summed E-state index contributed by atoms with van der Waals surface area (Å²) in [6.45, 7) is 4.13. The van der Waals surface area contributed by atoms with Crippen molar-refractivity contribution in [3.05, 3.63) is 59.2 Å². The summed E-state index contributed by atoms with van der Waals surface area (Å²) in [5.74, 6) is 0. The molecule has 0 fully saturated rings. The van der Waals surface area contributed by atoms with Crippen LogP contribution in [0.5, 0.6) is 0 Å². The molecule has 2 aliphatic carbocycles. The molecule has 1 aromatic carbocycles. The summed E-state index contributed by atoms with van der Waals surface area (Å²) in [5, 5.41) is 0. The highest BCUT2D eigenvalue weighted by molar-refractivity contribution is 5.98. The van der Waals surface area contributed by atoms with E-state index < -0.39 is 0 Å². The van der Waals surface area contributed by atoms with Gasteiger partial charge in [0.2, 0.25) is 0 Å². The lowest BCUT2D eigenvalue weighted by Crippen LogP contribution is -1.94. The van der Waals surface area contributed by atoms with Gasteiger partial charge in [-0.15, -0.1) is 0 Å². The molecule has 0 nitrogen and oxygen atoms in total. The maximum atomic E-state index is 4.13. The fourth-order valence-electron chi connectivity index (χ4n) is 2.28. The summed E-state index contributed by atoms with van der Waals surface area (Å²) >= 11 is 0. The van der Waals surface area contributed by atoms with Gasteiger partial charge in [0.25, 0.3) is 0 Å². The lowest BCUT2D eigenvalue weighted by atomic mass is 9.90. The normalized spacial score (nSPS) is 18.4. The fourth-order valence-corrected chi connectivity index (χ4v) is 2.28. The van der Waals surface area contributed by atoms with Crippen molar-refractivity contribution < 1.29 is 0 Å². The zero-order valence-electron chi connectivity index (χ0n) is 8.09. The lowest BCUT2D eigenvalue weighted by Gasteiger charge is -2.15. The van der Waals surface area contributed by atoms with Gasteiger partial charge in [-0.3, -0.25) is 0 Å². The van der Waals surface area contributed by atoms with Crippen LogP contribution in [0, 0.1) is 0 Å². The van der Waals surface area contributed by atoms with Crippen molar-refractivity contribution in [3.63, 3.8) is 0 Å². The Morgan fingerprint density at radius 2 is 1.93 bits per heavy atom. The Kier molecular flexibility index (Phi) is 1.51. The average molecular weight is 180 g/mol. The van der Waals surface area contributed by atoms with Crippen molar-refractivity contribution in [1.82, 2.24) is 0 Å². The second kappa shape index (κ2) is 2.71. The van der Waals surface area contributed by atoms with Gasteiger partial charge in [0.05, 0.1) is 0 Å². The van der Waals surface area contributed by atoms with E-state index in [-0.39, 0.29) is 0 Å². The SMILES string of the molecule is C=C1CCC=C2C1=Cc1ccccc12. The number of rotatable bonds is 0. The van der Waals surface area contributed by atoms with Crippen LogP contribution in [0.4, 0.5) is 0 Å². The zero-order chi connectivity index (χ0) is 9.54. The van der Waals surface area contributed by atoms with Gasteiger partial charge < -0.3 is 0 Å². The summed E-state index contributed by atoms with van der Waals surface area (Å²) in [6.07, 6.45) is 6.86. The predicted molar refractivity (Wildman–Crippen MR) is 60.8 cm³/mol. The third-order valence-electron chi connectivity index (χ3n) is 3.02. The van der Waals surface area contributed by atoms with Crippen molar-refractivity contribution in [2.75, 3.05) is 0 Å². The Hall–Kier alpha value is -1.56. The topological polar surface area (TPSA) is 0 Å². The molecule has 0 saturated heterocycles. The third-order valence-corrected chi connectivity index (χ3v) is 3.02. The van der Waals surface area contributed by atoms with Crippen LogP contribution in [0.2, 0.25) is 0 Å². The highest BCUT2D eigenvalue weighted by Crippen LogP contribution is 2.42. The molecule has 0 unspecified atom stereocenters. The van der Waals surface area contributed by atoms with Crippen LogP contribution in [0.25, 0.3) is 11.6 Å². The van der Waals surface area contributed by atoms with Gasteiger partial charge in [-0.2, -0.15) is 0 Å². The molecule has 68 valence electrons. The van der Waals surface area contributed by atoms with Crippen LogP contribution in [-0.4, -0.2) is 0 Å². The van der Waals surface area contributed by atoms with E-state index in [1.54, 1.807) is 0 Å². The first kappa shape index (κ1) is 7.81. The van der Waals surface area contributed by atoms with E-state index in [1.807, 2.05) is 0 Å². The van der Waals surface area contributed by atoms with Crippen molar-refractivity contribution in [1.29, 1.82) is 0 Å². The highest BCUT2D eigenvalue weighted by atomic mass is 14.3. The van der Waals surface area contributed by atoms with Crippen molar-refractivity contribution in [2.45, 2.75) is 12.8 Å². The summed E-state index contributed by atoms with van der Waals surface area (Å²) in [5.41, 5.74) is 6.77. The van der Waals surface area contributed by atoms with E-state index in [2.05, 4.69) is 43.0 Å². The van der Waals surface area contributed by atoms with E-state index in [0.29, 0.717) is 0 Å². The molecular weight excluding hydrogens is 168 g/mol. The number of hydrogen-bond donors (Lipinski definition) is 0. The van der Waals surface area contributed by atoms with Crippen molar-refractivity contribution >= 4 is 11.6 Å². The van der Waals surface area contributed by atoms with Gasteiger partial charge in [0, 0.05) is 0 Å². The molecule has 2 aliphatic rings. The smallest absolute Gasteiger partial charge is 0.0108 e. The van der Waals surface area contributed by atoms with Gasteiger partial charge in [-0.1, -0.05) is 36.9 Å². The largest absolute Gasteiger partial charge is 0.0952 e. The van der Waals surface area contributed by atoms with Crippen molar-refractivity contribution in [2.24, 2.45) is 0 Å². The molecule has 0 heterocycles. The van der Waals surface area contributed by atoms with Crippen LogP contribution >= 0.6 is 0 Å². The molecule has 0 N–H and O–H groups in total. The van der Waals surface area contributed by atoms with Crippen molar-refractivity contribution in [3.8, 4) is 0 Å². The maximum absolute atomic E-state index is 4.13. The summed E-state index contributed by atoms with van der Waals surface area (Å²) in [4.78, 5) is 0. The molecular formula is C14H12. The van der Waals surface area contributed by atoms with Crippen LogP contribution in [-0.2, 0) is 0 Å². The molecule has 1 aromatic rings. The molecule has 0 spiro atoms. The first-order valence-corrected chi connectivity index (χ1v) is 5.06. The minimum atomic E-state index is 1.11. The minimum Gasteiger partial charge on any atom is -0.0952 e.